The van der Waals surface area contributed by atoms with Gasteiger partial charge in [-0.15, -0.1) is 0 Å². The second-order valence-electron chi connectivity index (χ2n) is 7.64. The lowest BCUT2D eigenvalue weighted by atomic mass is 9.87. The third-order valence-corrected chi connectivity index (χ3v) is 5.19. The maximum atomic E-state index is 13.3. The minimum absolute atomic E-state index is 0.117. The number of alkyl halides is 3. The van der Waals surface area contributed by atoms with Crippen LogP contribution in [0.4, 0.5) is 13.2 Å². The van der Waals surface area contributed by atoms with E-state index >= 15 is 0 Å². The predicted molar refractivity (Wildman–Crippen MR) is 104 cm³/mol. The Morgan fingerprint density at radius 1 is 1.29 bits per heavy atom. The summed E-state index contributed by atoms with van der Waals surface area (Å²) in [5.41, 5.74) is 11.2. The summed E-state index contributed by atoms with van der Waals surface area (Å²) in [6.45, 7) is 1.83. The average Bonchev–Trinajstić information content (AvgIpc) is 3.02. The van der Waals surface area contributed by atoms with E-state index < -0.39 is 23.3 Å². The van der Waals surface area contributed by atoms with E-state index in [9.17, 15) is 18.0 Å². The van der Waals surface area contributed by atoms with Crippen LogP contribution in [0.2, 0.25) is 0 Å². The summed E-state index contributed by atoms with van der Waals surface area (Å²) in [4.78, 5) is 15.5. The van der Waals surface area contributed by atoms with Gasteiger partial charge in [-0.25, -0.2) is 0 Å². The Bertz CT molecular complexity index is 1150. The van der Waals surface area contributed by atoms with Crippen molar-refractivity contribution >= 4 is 16.9 Å². The van der Waals surface area contributed by atoms with Crippen LogP contribution in [0, 0.1) is 6.92 Å². The molecular weight excluding hydrogens is 415 g/mol. The molecule has 3 aromatic rings. The standard InChI is InChI=1S/C21H20F3N3O4/c1-11-16(19(25)28)17-13(7-20(26)9-29-10-20)14(4-5-15(17)31-11)30-8-12-3-2-6-27-18(12)21(22,23)24/h2-6H,7-10,26H2,1H3,(H2,25,28). The number of nitrogens with zero attached hydrogens (tertiary/aromatic N) is 1. The highest BCUT2D eigenvalue weighted by Gasteiger charge is 2.37. The molecule has 1 fully saturated rings. The number of hydrogen-bond acceptors (Lipinski definition) is 6. The summed E-state index contributed by atoms with van der Waals surface area (Å²) in [7, 11) is 0. The maximum Gasteiger partial charge on any atom is 0.433 e. The molecule has 10 heteroatoms. The third kappa shape index (κ3) is 3.96. The number of ether oxygens (including phenoxy) is 2. The van der Waals surface area contributed by atoms with Crippen LogP contribution in [-0.4, -0.2) is 29.6 Å². The fourth-order valence-corrected chi connectivity index (χ4v) is 3.75. The zero-order valence-corrected chi connectivity index (χ0v) is 16.6. The van der Waals surface area contributed by atoms with E-state index in [0.29, 0.717) is 35.5 Å². The van der Waals surface area contributed by atoms with Gasteiger partial charge in [-0.2, -0.15) is 13.2 Å². The van der Waals surface area contributed by atoms with Gasteiger partial charge in [0.05, 0.1) is 24.3 Å². The number of furan rings is 1. The van der Waals surface area contributed by atoms with Gasteiger partial charge in [0.15, 0.2) is 5.69 Å². The van der Waals surface area contributed by atoms with E-state index in [1.807, 2.05) is 0 Å². The summed E-state index contributed by atoms with van der Waals surface area (Å²) < 4.78 is 56.5. The van der Waals surface area contributed by atoms with Crippen molar-refractivity contribution in [3.63, 3.8) is 0 Å². The molecule has 0 unspecified atom stereocenters. The molecule has 2 aromatic heterocycles. The molecule has 0 saturated carbocycles. The number of benzene rings is 1. The fraction of sp³-hybridized carbons (Fsp3) is 0.333. The largest absolute Gasteiger partial charge is 0.489 e. The van der Waals surface area contributed by atoms with Crippen LogP contribution in [0.25, 0.3) is 11.0 Å². The summed E-state index contributed by atoms with van der Waals surface area (Å²) in [5, 5.41) is 0.446. The highest BCUT2D eigenvalue weighted by Crippen LogP contribution is 2.38. The zero-order valence-electron chi connectivity index (χ0n) is 16.6. The molecule has 4 N–H and O–H groups in total. The molecule has 7 nitrogen and oxygen atoms in total. The number of carbonyl (C=O) groups excluding carboxylic acids is 1. The Morgan fingerprint density at radius 2 is 2.03 bits per heavy atom. The summed E-state index contributed by atoms with van der Waals surface area (Å²) in [6, 6.07) is 5.87. The van der Waals surface area contributed by atoms with Crippen molar-refractivity contribution in [2.75, 3.05) is 13.2 Å². The van der Waals surface area contributed by atoms with E-state index in [1.165, 1.54) is 12.1 Å². The number of amides is 1. The van der Waals surface area contributed by atoms with Gasteiger partial charge in [-0.3, -0.25) is 9.78 Å². The summed E-state index contributed by atoms with van der Waals surface area (Å²) >= 11 is 0. The van der Waals surface area contributed by atoms with Gasteiger partial charge in [-0.1, -0.05) is 6.07 Å². The van der Waals surface area contributed by atoms with E-state index in [-0.39, 0.29) is 29.9 Å². The molecule has 164 valence electrons. The second kappa shape index (κ2) is 7.54. The molecule has 3 heterocycles. The van der Waals surface area contributed by atoms with Crippen LogP contribution in [-0.2, 0) is 23.9 Å². The molecule has 0 bridgehead atoms. The molecule has 0 atom stereocenters. The lowest BCUT2D eigenvalue weighted by molar-refractivity contribution is -0.142. The summed E-state index contributed by atoms with van der Waals surface area (Å²) in [6.07, 6.45) is -3.28. The van der Waals surface area contributed by atoms with Crippen molar-refractivity contribution in [1.82, 2.24) is 4.98 Å². The number of nitrogens with two attached hydrogens (primary N) is 2. The highest BCUT2D eigenvalue weighted by molar-refractivity contribution is 6.08. The van der Waals surface area contributed by atoms with Crippen LogP contribution >= 0.6 is 0 Å². The number of fused-ring (bicyclic) bond motifs is 1. The molecule has 4 rings (SSSR count). The van der Waals surface area contributed by atoms with Crippen LogP contribution < -0.4 is 16.2 Å². The molecule has 1 aromatic carbocycles. The molecule has 1 aliphatic rings. The van der Waals surface area contributed by atoms with E-state index in [0.717, 1.165) is 6.20 Å². The average molecular weight is 435 g/mol. The number of rotatable bonds is 6. The first kappa shape index (κ1) is 21.1. The van der Waals surface area contributed by atoms with Crippen molar-refractivity contribution in [3.8, 4) is 5.75 Å². The lowest BCUT2D eigenvalue weighted by Gasteiger charge is -2.38. The van der Waals surface area contributed by atoms with Gasteiger partial charge >= 0.3 is 6.18 Å². The van der Waals surface area contributed by atoms with Gasteiger partial charge in [-0.05, 0) is 31.5 Å². The lowest BCUT2D eigenvalue weighted by Crippen LogP contribution is -2.58. The number of aromatic nitrogens is 1. The minimum Gasteiger partial charge on any atom is -0.489 e. The third-order valence-electron chi connectivity index (χ3n) is 5.19. The number of pyridine rings is 1. The molecule has 1 amide bonds. The Hall–Kier alpha value is -3.11. The van der Waals surface area contributed by atoms with Gasteiger partial charge < -0.3 is 25.4 Å². The predicted octanol–water partition coefficient (Wildman–Crippen LogP) is 3.10. The number of aryl methyl sites for hydroxylation is 1. The first-order valence-electron chi connectivity index (χ1n) is 9.44. The number of primary amides is 1. The first-order valence-corrected chi connectivity index (χ1v) is 9.44. The van der Waals surface area contributed by atoms with Crippen molar-refractivity contribution in [2.24, 2.45) is 11.5 Å². The van der Waals surface area contributed by atoms with Crippen LogP contribution in [0.15, 0.2) is 34.9 Å². The molecule has 31 heavy (non-hydrogen) atoms. The topological polar surface area (TPSA) is 114 Å². The van der Waals surface area contributed by atoms with E-state index in [1.54, 1.807) is 19.1 Å². The Balaban J connectivity index is 1.78. The smallest absolute Gasteiger partial charge is 0.433 e. The number of hydrogen-bond donors (Lipinski definition) is 2. The highest BCUT2D eigenvalue weighted by atomic mass is 19.4. The number of carbonyl (C=O) groups is 1. The summed E-state index contributed by atoms with van der Waals surface area (Å²) in [5.74, 6) is -0.0647. The van der Waals surface area contributed by atoms with E-state index in [2.05, 4.69) is 4.98 Å². The molecule has 0 aliphatic carbocycles. The second-order valence-corrected chi connectivity index (χ2v) is 7.64. The molecular formula is C21H20F3N3O4. The van der Waals surface area contributed by atoms with Crippen molar-refractivity contribution in [3.05, 3.63) is 58.6 Å². The van der Waals surface area contributed by atoms with Gasteiger partial charge in [0.2, 0.25) is 0 Å². The van der Waals surface area contributed by atoms with Crippen LogP contribution in [0.5, 0.6) is 5.75 Å². The van der Waals surface area contributed by atoms with Crippen LogP contribution in [0.3, 0.4) is 0 Å². The fourth-order valence-electron chi connectivity index (χ4n) is 3.75. The van der Waals surface area contributed by atoms with Crippen molar-refractivity contribution in [1.29, 1.82) is 0 Å². The monoisotopic (exact) mass is 435 g/mol. The Labute approximate surface area is 175 Å². The molecule has 1 aliphatic heterocycles. The quantitative estimate of drug-likeness (QED) is 0.615. The van der Waals surface area contributed by atoms with Crippen molar-refractivity contribution < 1.29 is 31.9 Å². The van der Waals surface area contributed by atoms with E-state index in [4.69, 9.17) is 25.4 Å². The normalized spacial score (nSPS) is 15.6. The number of halogens is 3. The first-order chi connectivity index (χ1) is 14.6. The maximum absolute atomic E-state index is 13.3. The minimum atomic E-state index is -4.61. The SMILES string of the molecule is Cc1oc2ccc(OCc3cccnc3C(F)(F)F)c(CC3(N)COC3)c2c1C(N)=O. The molecule has 0 spiro atoms. The Kier molecular flexibility index (Phi) is 5.14. The van der Waals surface area contributed by atoms with Gasteiger partial charge in [0, 0.05) is 22.7 Å². The Morgan fingerprint density at radius 3 is 2.65 bits per heavy atom. The van der Waals surface area contributed by atoms with Crippen LogP contribution in [0.1, 0.15) is 32.9 Å². The van der Waals surface area contributed by atoms with Gasteiger partial charge in [0.1, 0.15) is 23.7 Å². The molecule has 0 radical (unpaired) electrons. The molecule has 1 saturated heterocycles. The van der Waals surface area contributed by atoms with Crippen molar-refractivity contribution in [2.45, 2.75) is 31.7 Å². The van der Waals surface area contributed by atoms with Gasteiger partial charge in [0.25, 0.3) is 5.91 Å². The zero-order chi connectivity index (χ0) is 22.4.